The highest BCUT2D eigenvalue weighted by molar-refractivity contribution is 5.86. The Morgan fingerprint density at radius 1 is 1.16 bits per heavy atom. The number of halogens is 3. The predicted octanol–water partition coefficient (Wildman–Crippen LogP) is 5.02. The highest BCUT2D eigenvalue weighted by atomic mass is 19.4. The monoisotopic (exact) mass is 438 g/mol. The molecule has 5 rings (SSSR count). The third kappa shape index (κ3) is 3.66. The minimum Gasteiger partial charge on any atom is -0.356 e. The van der Waals surface area contributed by atoms with Gasteiger partial charge in [-0.15, -0.1) is 0 Å². The van der Waals surface area contributed by atoms with E-state index in [1.54, 1.807) is 23.4 Å². The number of nitrogens with one attached hydrogen (secondary N) is 2. The summed E-state index contributed by atoms with van der Waals surface area (Å²) in [7, 11) is 0. The molecule has 1 amide bonds. The highest BCUT2D eigenvalue weighted by Crippen LogP contribution is 2.40. The zero-order valence-corrected chi connectivity index (χ0v) is 17.1. The summed E-state index contributed by atoms with van der Waals surface area (Å²) in [4.78, 5) is 18.3. The third-order valence-corrected chi connectivity index (χ3v) is 6.07. The number of H-pyrrole nitrogens is 2. The van der Waals surface area contributed by atoms with E-state index in [2.05, 4.69) is 15.2 Å². The van der Waals surface area contributed by atoms with Gasteiger partial charge < -0.3 is 9.88 Å². The first kappa shape index (κ1) is 20.4. The van der Waals surface area contributed by atoms with Crippen LogP contribution in [0.5, 0.6) is 0 Å². The standard InChI is InChI=1S/C24H21F3N4O/c25-24(26,27)17-5-3-4-16(12-17)23-22-19(18-6-1-2-7-20(18)30-22)10-11-31(23)21(32)9-8-15-13-28-29-14-15/h1-7,12-14,23,30H,8-11H2,(H,28,29). The van der Waals surface area contributed by atoms with Crippen LogP contribution in [0.15, 0.2) is 60.9 Å². The summed E-state index contributed by atoms with van der Waals surface area (Å²) >= 11 is 0. The second kappa shape index (κ2) is 7.85. The molecule has 164 valence electrons. The van der Waals surface area contributed by atoms with Gasteiger partial charge in [0.25, 0.3) is 0 Å². The van der Waals surface area contributed by atoms with Crippen LogP contribution in [0.1, 0.15) is 40.4 Å². The lowest BCUT2D eigenvalue weighted by atomic mass is 9.91. The van der Waals surface area contributed by atoms with Crippen LogP contribution in [-0.2, 0) is 23.8 Å². The Morgan fingerprint density at radius 2 is 2.00 bits per heavy atom. The first-order chi connectivity index (χ1) is 15.4. The highest BCUT2D eigenvalue weighted by Gasteiger charge is 2.36. The summed E-state index contributed by atoms with van der Waals surface area (Å²) in [6.45, 7) is 0.444. The lowest BCUT2D eigenvalue weighted by molar-refractivity contribution is -0.137. The number of amides is 1. The molecule has 2 aromatic carbocycles. The number of aromatic amines is 2. The van der Waals surface area contributed by atoms with Crippen molar-refractivity contribution in [3.63, 3.8) is 0 Å². The Kier molecular flexibility index (Phi) is 5.00. The summed E-state index contributed by atoms with van der Waals surface area (Å²) in [5, 5.41) is 7.68. The van der Waals surface area contributed by atoms with Crippen molar-refractivity contribution in [3.8, 4) is 0 Å². The van der Waals surface area contributed by atoms with Crippen molar-refractivity contribution in [3.05, 3.63) is 88.9 Å². The topological polar surface area (TPSA) is 64.8 Å². The van der Waals surface area contributed by atoms with E-state index >= 15 is 0 Å². The SMILES string of the molecule is O=C(CCc1cn[nH]c1)N1CCc2c([nH]c3ccccc23)C1c1cccc(C(F)(F)F)c1. The van der Waals surface area contributed by atoms with E-state index in [4.69, 9.17) is 0 Å². The van der Waals surface area contributed by atoms with Crippen molar-refractivity contribution in [1.82, 2.24) is 20.1 Å². The van der Waals surface area contributed by atoms with Crippen molar-refractivity contribution >= 4 is 16.8 Å². The van der Waals surface area contributed by atoms with Crippen LogP contribution in [0.2, 0.25) is 0 Å². The predicted molar refractivity (Wildman–Crippen MR) is 114 cm³/mol. The van der Waals surface area contributed by atoms with E-state index in [0.29, 0.717) is 24.9 Å². The number of alkyl halides is 3. The Bertz CT molecular complexity index is 1260. The third-order valence-electron chi connectivity index (χ3n) is 6.07. The van der Waals surface area contributed by atoms with Gasteiger partial charge in [0.2, 0.25) is 5.91 Å². The van der Waals surface area contributed by atoms with Crippen LogP contribution >= 0.6 is 0 Å². The van der Waals surface area contributed by atoms with Crippen LogP contribution in [0.25, 0.3) is 10.9 Å². The molecule has 5 nitrogen and oxygen atoms in total. The average Bonchev–Trinajstić information content (AvgIpc) is 3.44. The minimum atomic E-state index is -4.45. The molecular weight excluding hydrogens is 417 g/mol. The molecule has 0 bridgehead atoms. The van der Waals surface area contributed by atoms with Gasteiger partial charge in [-0.25, -0.2) is 0 Å². The number of aryl methyl sites for hydroxylation is 1. The van der Waals surface area contributed by atoms with Crippen molar-refractivity contribution < 1.29 is 18.0 Å². The van der Waals surface area contributed by atoms with Crippen LogP contribution in [0.4, 0.5) is 13.2 Å². The van der Waals surface area contributed by atoms with Crippen molar-refractivity contribution in [2.24, 2.45) is 0 Å². The largest absolute Gasteiger partial charge is 0.416 e. The van der Waals surface area contributed by atoms with Gasteiger partial charge in [-0.1, -0.05) is 30.3 Å². The molecule has 8 heteroatoms. The van der Waals surface area contributed by atoms with Gasteiger partial charge in [-0.2, -0.15) is 18.3 Å². The molecule has 3 heterocycles. The number of hydrogen-bond donors (Lipinski definition) is 2. The van der Waals surface area contributed by atoms with Gasteiger partial charge in [-0.3, -0.25) is 9.89 Å². The molecule has 1 aliphatic heterocycles. The molecule has 0 spiro atoms. The van der Waals surface area contributed by atoms with Gasteiger partial charge in [0, 0.05) is 35.8 Å². The van der Waals surface area contributed by atoms with E-state index in [9.17, 15) is 18.0 Å². The van der Waals surface area contributed by atoms with E-state index in [-0.39, 0.29) is 12.3 Å². The number of fused-ring (bicyclic) bond motifs is 3. The molecule has 4 aromatic rings. The Hall–Kier alpha value is -3.55. The van der Waals surface area contributed by atoms with E-state index in [0.717, 1.165) is 39.9 Å². The first-order valence-corrected chi connectivity index (χ1v) is 10.5. The number of benzene rings is 2. The van der Waals surface area contributed by atoms with Crippen molar-refractivity contribution in [2.75, 3.05) is 6.54 Å². The lowest BCUT2D eigenvalue weighted by Crippen LogP contribution is -2.40. The number of nitrogens with zero attached hydrogens (tertiary/aromatic N) is 2. The molecule has 0 saturated carbocycles. The maximum absolute atomic E-state index is 13.4. The van der Waals surface area contributed by atoms with Gasteiger partial charge in [0.05, 0.1) is 17.8 Å². The first-order valence-electron chi connectivity index (χ1n) is 10.5. The maximum atomic E-state index is 13.4. The zero-order chi connectivity index (χ0) is 22.3. The van der Waals surface area contributed by atoms with Crippen LogP contribution in [0.3, 0.4) is 0 Å². The Labute approximate surface area is 182 Å². The molecule has 2 aromatic heterocycles. The van der Waals surface area contributed by atoms with Crippen LogP contribution < -0.4 is 0 Å². The zero-order valence-electron chi connectivity index (χ0n) is 17.1. The van der Waals surface area contributed by atoms with Crippen LogP contribution in [-0.4, -0.2) is 32.5 Å². The second-order valence-corrected chi connectivity index (χ2v) is 8.03. The summed E-state index contributed by atoms with van der Waals surface area (Å²) in [6.07, 6.45) is 0.370. The fourth-order valence-electron chi connectivity index (χ4n) is 4.55. The molecule has 1 aliphatic rings. The van der Waals surface area contributed by atoms with E-state index in [1.165, 1.54) is 6.07 Å². The van der Waals surface area contributed by atoms with Gasteiger partial charge >= 0.3 is 6.18 Å². The van der Waals surface area contributed by atoms with E-state index < -0.39 is 17.8 Å². The molecule has 0 fully saturated rings. The van der Waals surface area contributed by atoms with E-state index in [1.807, 2.05) is 24.3 Å². The van der Waals surface area contributed by atoms with Gasteiger partial charge in [-0.05, 0) is 47.7 Å². The van der Waals surface area contributed by atoms with Crippen molar-refractivity contribution in [1.29, 1.82) is 0 Å². The molecular formula is C24H21F3N4O. The summed E-state index contributed by atoms with van der Waals surface area (Å²) in [6, 6.07) is 12.5. The Morgan fingerprint density at radius 3 is 2.78 bits per heavy atom. The van der Waals surface area contributed by atoms with Gasteiger partial charge in [0.1, 0.15) is 0 Å². The molecule has 0 radical (unpaired) electrons. The number of para-hydroxylation sites is 1. The summed E-state index contributed by atoms with van der Waals surface area (Å²) in [5.41, 5.74) is 3.41. The number of aromatic nitrogens is 3. The Balaban J connectivity index is 1.57. The van der Waals surface area contributed by atoms with Crippen LogP contribution in [0, 0.1) is 0 Å². The normalized spacial score (nSPS) is 16.3. The molecule has 1 atom stereocenters. The number of hydrogen-bond acceptors (Lipinski definition) is 2. The maximum Gasteiger partial charge on any atom is 0.416 e. The molecule has 1 unspecified atom stereocenters. The summed E-state index contributed by atoms with van der Waals surface area (Å²) < 4.78 is 40.3. The lowest BCUT2D eigenvalue weighted by Gasteiger charge is -2.36. The minimum absolute atomic E-state index is 0.0992. The molecule has 0 aliphatic carbocycles. The average molecular weight is 438 g/mol. The summed E-state index contributed by atoms with van der Waals surface area (Å²) in [5.74, 6) is -0.0992. The molecule has 0 saturated heterocycles. The fraction of sp³-hybridized carbons (Fsp3) is 0.250. The number of rotatable bonds is 4. The number of carbonyl (C=O) groups is 1. The second-order valence-electron chi connectivity index (χ2n) is 8.03. The smallest absolute Gasteiger partial charge is 0.356 e. The molecule has 32 heavy (non-hydrogen) atoms. The van der Waals surface area contributed by atoms with Gasteiger partial charge in [0.15, 0.2) is 0 Å². The number of carbonyl (C=O) groups excluding carboxylic acids is 1. The molecule has 2 N–H and O–H groups in total. The van der Waals surface area contributed by atoms with Crippen molar-refractivity contribution in [2.45, 2.75) is 31.5 Å². The quantitative estimate of drug-likeness (QED) is 0.470. The fourth-order valence-corrected chi connectivity index (χ4v) is 4.55.